The zero-order chi connectivity index (χ0) is 14.8. The van der Waals surface area contributed by atoms with Crippen molar-refractivity contribution in [2.24, 2.45) is 5.41 Å². The molecule has 0 fully saturated rings. The third kappa shape index (κ3) is 3.28. The van der Waals surface area contributed by atoms with E-state index in [-0.39, 0.29) is 11.5 Å². The second-order valence-electron chi connectivity index (χ2n) is 6.29. The van der Waals surface area contributed by atoms with Crippen molar-refractivity contribution in [3.05, 3.63) is 36.0 Å². The molecule has 0 saturated carbocycles. The van der Waals surface area contributed by atoms with Gasteiger partial charge in [-0.25, -0.2) is 0 Å². The van der Waals surface area contributed by atoms with E-state index >= 15 is 0 Å². The van der Waals surface area contributed by atoms with Crippen molar-refractivity contribution in [2.45, 2.75) is 40.2 Å². The lowest BCUT2D eigenvalue weighted by Gasteiger charge is -2.26. The van der Waals surface area contributed by atoms with Gasteiger partial charge in [0.25, 0.3) is 0 Å². The summed E-state index contributed by atoms with van der Waals surface area (Å²) in [7, 11) is 0. The fourth-order valence-corrected chi connectivity index (χ4v) is 2.07. The van der Waals surface area contributed by atoms with Crippen LogP contribution in [0, 0.1) is 5.41 Å². The van der Waals surface area contributed by atoms with Crippen LogP contribution in [0.1, 0.15) is 33.4 Å². The van der Waals surface area contributed by atoms with Gasteiger partial charge in [0.05, 0.1) is 11.6 Å². The molecule has 0 bridgehead atoms. The summed E-state index contributed by atoms with van der Waals surface area (Å²) in [5.74, 6) is 0. The summed E-state index contributed by atoms with van der Waals surface area (Å²) in [6, 6.07) is 10.2. The Bertz CT molecular complexity index is 587. The van der Waals surface area contributed by atoms with E-state index in [1.54, 1.807) is 0 Å². The van der Waals surface area contributed by atoms with E-state index in [1.165, 1.54) is 0 Å². The van der Waals surface area contributed by atoms with Crippen molar-refractivity contribution in [1.82, 2.24) is 4.98 Å². The molecule has 3 nitrogen and oxygen atoms in total. The number of aryl methyl sites for hydroxylation is 1. The number of aromatic nitrogens is 1. The van der Waals surface area contributed by atoms with Gasteiger partial charge in [-0.15, -0.1) is 0 Å². The molecule has 0 aliphatic heterocycles. The number of hydrogen-bond acceptors (Lipinski definition) is 3. The Morgan fingerprint density at radius 3 is 2.60 bits per heavy atom. The molecule has 3 heteroatoms. The number of aliphatic hydroxyl groups is 1. The van der Waals surface area contributed by atoms with Gasteiger partial charge in [0.2, 0.25) is 0 Å². The SMILES string of the molecule is CCc1cc(NCC(O)C(C)(C)C)c2ccccc2n1. The maximum Gasteiger partial charge on any atom is 0.0760 e. The molecular formula is C17H24N2O. The number of hydrogen-bond donors (Lipinski definition) is 2. The summed E-state index contributed by atoms with van der Waals surface area (Å²) in [4.78, 5) is 4.63. The number of para-hydroxylation sites is 1. The Balaban J connectivity index is 2.29. The van der Waals surface area contributed by atoms with E-state index < -0.39 is 0 Å². The highest BCUT2D eigenvalue weighted by molar-refractivity contribution is 5.91. The van der Waals surface area contributed by atoms with Crippen LogP contribution in [0.4, 0.5) is 5.69 Å². The Kier molecular flexibility index (Phi) is 4.29. The zero-order valence-corrected chi connectivity index (χ0v) is 12.8. The van der Waals surface area contributed by atoms with Crippen LogP contribution in [0.3, 0.4) is 0 Å². The van der Waals surface area contributed by atoms with Crippen molar-refractivity contribution in [1.29, 1.82) is 0 Å². The number of fused-ring (bicyclic) bond motifs is 1. The Morgan fingerprint density at radius 1 is 1.25 bits per heavy atom. The minimum Gasteiger partial charge on any atom is -0.391 e. The van der Waals surface area contributed by atoms with Gasteiger partial charge in [0, 0.05) is 23.3 Å². The fraction of sp³-hybridized carbons (Fsp3) is 0.471. The number of aliphatic hydroxyl groups excluding tert-OH is 1. The molecule has 2 rings (SSSR count). The van der Waals surface area contributed by atoms with Crippen molar-refractivity contribution in [2.75, 3.05) is 11.9 Å². The number of rotatable bonds is 4. The smallest absolute Gasteiger partial charge is 0.0760 e. The molecule has 0 spiro atoms. The summed E-state index contributed by atoms with van der Waals surface area (Å²) in [5, 5.41) is 14.6. The van der Waals surface area contributed by atoms with Crippen molar-refractivity contribution in [3.8, 4) is 0 Å². The largest absolute Gasteiger partial charge is 0.391 e. The van der Waals surface area contributed by atoms with Crippen LogP contribution in [0.5, 0.6) is 0 Å². The number of benzene rings is 1. The van der Waals surface area contributed by atoms with Gasteiger partial charge in [0.15, 0.2) is 0 Å². The highest BCUT2D eigenvalue weighted by atomic mass is 16.3. The predicted molar refractivity (Wildman–Crippen MR) is 85.1 cm³/mol. The third-order valence-electron chi connectivity index (χ3n) is 3.62. The van der Waals surface area contributed by atoms with Gasteiger partial charge in [-0.2, -0.15) is 0 Å². The van der Waals surface area contributed by atoms with E-state index in [0.717, 1.165) is 28.7 Å². The Labute approximate surface area is 121 Å². The molecular weight excluding hydrogens is 248 g/mol. The Morgan fingerprint density at radius 2 is 1.95 bits per heavy atom. The first-order valence-corrected chi connectivity index (χ1v) is 7.22. The van der Waals surface area contributed by atoms with Gasteiger partial charge < -0.3 is 10.4 Å². The summed E-state index contributed by atoms with van der Waals surface area (Å²) in [6.45, 7) is 8.77. The van der Waals surface area contributed by atoms with Gasteiger partial charge in [-0.3, -0.25) is 4.98 Å². The topological polar surface area (TPSA) is 45.1 Å². The maximum atomic E-state index is 10.2. The first-order chi connectivity index (χ1) is 9.41. The number of anilines is 1. The monoisotopic (exact) mass is 272 g/mol. The van der Waals surface area contributed by atoms with Crippen molar-refractivity contribution in [3.63, 3.8) is 0 Å². The third-order valence-corrected chi connectivity index (χ3v) is 3.62. The molecule has 20 heavy (non-hydrogen) atoms. The molecule has 0 aliphatic carbocycles. The minimum atomic E-state index is -0.389. The average molecular weight is 272 g/mol. The lowest BCUT2D eigenvalue weighted by Crippen LogP contribution is -2.32. The zero-order valence-electron chi connectivity index (χ0n) is 12.8. The van der Waals surface area contributed by atoms with Crippen LogP contribution in [-0.4, -0.2) is 22.7 Å². The van der Waals surface area contributed by atoms with Gasteiger partial charge in [0.1, 0.15) is 0 Å². The van der Waals surface area contributed by atoms with E-state index in [2.05, 4.69) is 29.4 Å². The summed E-state index contributed by atoms with van der Waals surface area (Å²) < 4.78 is 0. The van der Waals surface area contributed by atoms with Gasteiger partial charge >= 0.3 is 0 Å². The van der Waals surface area contributed by atoms with Crippen LogP contribution in [-0.2, 0) is 6.42 Å². The highest BCUT2D eigenvalue weighted by Gasteiger charge is 2.21. The molecule has 0 radical (unpaired) electrons. The van der Waals surface area contributed by atoms with E-state index in [9.17, 15) is 5.11 Å². The van der Waals surface area contributed by atoms with Crippen LogP contribution in [0.2, 0.25) is 0 Å². The molecule has 1 heterocycles. The molecule has 2 N–H and O–H groups in total. The molecule has 0 aliphatic rings. The van der Waals surface area contributed by atoms with Crippen LogP contribution in [0.25, 0.3) is 10.9 Å². The summed E-state index contributed by atoms with van der Waals surface area (Å²) in [5.41, 5.74) is 3.00. The van der Waals surface area contributed by atoms with Crippen LogP contribution >= 0.6 is 0 Å². The molecule has 0 saturated heterocycles. The first kappa shape index (κ1) is 14.8. The van der Waals surface area contributed by atoms with Gasteiger partial charge in [-0.1, -0.05) is 45.9 Å². The van der Waals surface area contributed by atoms with E-state index in [4.69, 9.17) is 0 Å². The number of pyridine rings is 1. The standard InChI is InChI=1S/C17H24N2O/c1-5-12-10-15(18-11-16(20)17(2,3)4)13-8-6-7-9-14(13)19-12/h6-10,16,20H,5,11H2,1-4H3,(H,18,19). The lowest BCUT2D eigenvalue weighted by molar-refractivity contribution is 0.0746. The lowest BCUT2D eigenvalue weighted by atomic mass is 9.89. The quantitative estimate of drug-likeness (QED) is 0.893. The summed E-state index contributed by atoms with van der Waals surface area (Å²) in [6.07, 6.45) is 0.515. The highest BCUT2D eigenvalue weighted by Crippen LogP contribution is 2.25. The van der Waals surface area contributed by atoms with Crippen LogP contribution in [0.15, 0.2) is 30.3 Å². The molecule has 1 aromatic heterocycles. The van der Waals surface area contributed by atoms with E-state index in [1.807, 2.05) is 39.0 Å². The first-order valence-electron chi connectivity index (χ1n) is 7.22. The maximum absolute atomic E-state index is 10.2. The molecule has 1 aromatic carbocycles. The predicted octanol–water partition coefficient (Wildman–Crippen LogP) is 3.62. The van der Waals surface area contributed by atoms with Crippen molar-refractivity contribution >= 4 is 16.6 Å². The normalized spacial score (nSPS) is 13.4. The Hall–Kier alpha value is -1.61. The second kappa shape index (κ2) is 5.80. The fourth-order valence-electron chi connectivity index (χ4n) is 2.07. The molecule has 108 valence electrons. The molecule has 1 unspecified atom stereocenters. The molecule has 0 amide bonds. The molecule has 2 aromatic rings. The second-order valence-corrected chi connectivity index (χ2v) is 6.29. The average Bonchev–Trinajstić information content (AvgIpc) is 2.42. The van der Waals surface area contributed by atoms with Gasteiger partial charge in [-0.05, 0) is 24.0 Å². The van der Waals surface area contributed by atoms with Crippen molar-refractivity contribution < 1.29 is 5.11 Å². The molecule has 1 atom stereocenters. The van der Waals surface area contributed by atoms with E-state index in [0.29, 0.717) is 6.54 Å². The summed E-state index contributed by atoms with van der Waals surface area (Å²) >= 11 is 0. The van der Waals surface area contributed by atoms with Crippen LogP contribution < -0.4 is 5.32 Å². The number of nitrogens with zero attached hydrogens (tertiary/aromatic N) is 1. The minimum absolute atomic E-state index is 0.122. The number of nitrogens with one attached hydrogen (secondary N) is 1.